The van der Waals surface area contributed by atoms with Crippen molar-refractivity contribution in [3.8, 4) is 28.5 Å². The molecule has 3 heterocycles. The van der Waals surface area contributed by atoms with Gasteiger partial charge < -0.3 is 19.1 Å². The van der Waals surface area contributed by atoms with Crippen LogP contribution in [0, 0.1) is 5.82 Å². The summed E-state index contributed by atoms with van der Waals surface area (Å²) in [6, 6.07) is 12.5. The average Bonchev–Trinajstić information content (AvgIpc) is 3.60. The number of pyridine rings is 1. The SMILES string of the molecule is COc1ccc(C(=O)N2CCCC2C(=O)c2ccc(OC)c(-c3csc4c(F)cccc34)n2)cc1OC. The van der Waals surface area contributed by atoms with E-state index >= 15 is 0 Å². The molecule has 1 fully saturated rings. The van der Waals surface area contributed by atoms with Gasteiger partial charge in [-0.05, 0) is 49.2 Å². The third-order valence-corrected chi connectivity index (χ3v) is 7.59. The van der Waals surface area contributed by atoms with Crippen LogP contribution in [0.3, 0.4) is 0 Å². The Bertz CT molecular complexity index is 1500. The van der Waals surface area contributed by atoms with Crippen molar-refractivity contribution in [2.45, 2.75) is 18.9 Å². The minimum atomic E-state index is -0.647. The predicted octanol–water partition coefficient (Wildman–Crippen LogP) is 5.62. The molecule has 5 rings (SSSR count). The lowest BCUT2D eigenvalue weighted by Crippen LogP contribution is -2.40. The van der Waals surface area contributed by atoms with E-state index in [9.17, 15) is 14.0 Å². The number of carbonyl (C=O) groups is 2. The third-order valence-electron chi connectivity index (χ3n) is 6.58. The lowest BCUT2D eigenvalue weighted by Gasteiger charge is -2.24. The van der Waals surface area contributed by atoms with Crippen LogP contribution in [-0.4, -0.2) is 55.5 Å². The number of methoxy groups -OCH3 is 3. The van der Waals surface area contributed by atoms with E-state index in [1.54, 1.807) is 41.3 Å². The lowest BCUT2D eigenvalue weighted by molar-refractivity contribution is 0.0669. The Hall–Kier alpha value is -3.98. The number of aromatic nitrogens is 1. The summed E-state index contributed by atoms with van der Waals surface area (Å²) in [5.74, 6) is 0.617. The van der Waals surface area contributed by atoms with Crippen LogP contribution in [0.4, 0.5) is 4.39 Å². The quantitative estimate of drug-likeness (QED) is 0.295. The molecule has 1 atom stereocenters. The zero-order valence-corrected chi connectivity index (χ0v) is 21.4. The second-order valence-electron chi connectivity index (χ2n) is 8.60. The van der Waals surface area contributed by atoms with Gasteiger partial charge in [0.15, 0.2) is 11.5 Å². The molecule has 190 valence electrons. The van der Waals surface area contributed by atoms with Crippen molar-refractivity contribution >= 4 is 33.1 Å². The molecule has 0 radical (unpaired) electrons. The number of hydrogen-bond donors (Lipinski definition) is 0. The first-order valence-electron chi connectivity index (χ1n) is 11.7. The van der Waals surface area contributed by atoms with E-state index in [2.05, 4.69) is 4.98 Å². The number of amides is 1. The number of benzene rings is 2. The molecule has 1 aliphatic heterocycles. The van der Waals surface area contributed by atoms with Crippen molar-refractivity contribution in [1.82, 2.24) is 9.88 Å². The molecule has 1 amide bonds. The molecule has 9 heteroatoms. The first-order chi connectivity index (χ1) is 18.0. The van der Waals surface area contributed by atoms with Crippen LogP contribution in [0.15, 0.2) is 53.9 Å². The van der Waals surface area contributed by atoms with Gasteiger partial charge in [0.25, 0.3) is 5.91 Å². The van der Waals surface area contributed by atoms with Crippen LogP contribution in [-0.2, 0) is 0 Å². The predicted molar refractivity (Wildman–Crippen MR) is 140 cm³/mol. The highest BCUT2D eigenvalue weighted by Crippen LogP contribution is 2.39. The lowest BCUT2D eigenvalue weighted by atomic mass is 10.0. The van der Waals surface area contributed by atoms with Crippen LogP contribution >= 0.6 is 11.3 Å². The van der Waals surface area contributed by atoms with Gasteiger partial charge in [-0.25, -0.2) is 9.37 Å². The molecule has 2 aromatic heterocycles. The van der Waals surface area contributed by atoms with Crippen molar-refractivity contribution in [1.29, 1.82) is 0 Å². The molecular weight excluding hydrogens is 495 g/mol. The molecule has 0 bridgehead atoms. The fourth-order valence-corrected chi connectivity index (χ4v) is 5.69. The highest BCUT2D eigenvalue weighted by atomic mass is 32.1. The number of nitrogens with zero attached hydrogens (tertiary/aromatic N) is 2. The zero-order valence-electron chi connectivity index (χ0n) is 20.6. The van der Waals surface area contributed by atoms with Gasteiger partial charge in [0.2, 0.25) is 5.78 Å². The Labute approximate surface area is 217 Å². The molecule has 4 aromatic rings. The number of carbonyl (C=O) groups excluding carboxylic acids is 2. The number of ether oxygens (including phenoxy) is 3. The van der Waals surface area contributed by atoms with Gasteiger partial charge in [-0.3, -0.25) is 9.59 Å². The van der Waals surface area contributed by atoms with E-state index in [4.69, 9.17) is 14.2 Å². The van der Waals surface area contributed by atoms with Crippen LogP contribution in [0.2, 0.25) is 0 Å². The van der Waals surface area contributed by atoms with Crippen molar-refractivity contribution in [2.75, 3.05) is 27.9 Å². The number of fused-ring (bicyclic) bond motifs is 1. The number of ketones is 1. The Balaban J connectivity index is 1.48. The molecule has 7 nitrogen and oxygen atoms in total. The molecular formula is C28H25FN2O5S. The van der Waals surface area contributed by atoms with Crippen LogP contribution < -0.4 is 14.2 Å². The number of halogens is 1. The summed E-state index contributed by atoms with van der Waals surface area (Å²) < 4.78 is 30.9. The van der Waals surface area contributed by atoms with Gasteiger partial charge in [0.1, 0.15) is 23.0 Å². The fraction of sp³-hybridized carbons (Fsp3) is 0.250. The number of likely N-dealkylation sites (tertiary alicyclic amines) is 1. The fourth-order valence-electron chi connectivity index (χ4n) is 4.73. The Kier molecular flexibility index (Phi) is 6.80. The summed E-state index contributed by atoms with van der Waals surface area (Å²) in [5, 5.41) is 2.52. The Morgan fingerprint density at radius 3 is 2.51 bits per heavy atom. The molecule has 0 aliphatic carbocycles. The highest BCUT2D eigenvalue weighted by molar-refractivity contribution is 7.17. The molecule has 1 saturated heterocycles. The number of thiophene rings is 1. The van der Waals surface area contributed by atoms with E-state index < -0.39 is 6.04 Å². The van der Waals surface area contributed by atoms with E-state index in [1.165, 1.54) is 38.7 Å². The standard InChI is InChI=1S/C28H25FN2O5S/c1-34-22-11-9-16(14-24(22)36-3)28(33)31-13-5-8-21(31)26(32)20-10-12-23(35-2)25(30-20)18-15-37-27-17(18)6-4-7-19(27)29/h4,6-7,9-12,14-15,21H,5,8,13H2,1-3H3. The number of rotatable bonds is 7. The van der Waals surface area contributed by atoms with Crippen molar-refractivity contribution in [2.24, 2.45) is 0 Å². The van der Waals surface area contributed by atoms with Crippen molar-refractivity contribution in [3.05, 3.63) is 71.0 Å². The average molecular weight is 521 g/mol. The summed E-state index contributed by atoms with van der Waals surface area (Å²) in [5.41, 5.74) is 1.78. The maximum absolute atomic E-state index is 14.3. The largest absolute Gasteiger partial charge is 0.494 e. The van der Waals surface area contributed by atoms with Crippen LogP contribution in [0.5, 0.6) is 17.2 Å². The first-order valence-corrected chi connectivity index (χ1v) is 12.6. The van der Waals surface area contributed by atoms with Gasteiger partial charge in [0.05, 0.1) is 32.1 Å². The van der Waals surface area contributed by atoms with E-state index in [-0.39, 0.29) is 23.2 Å². The summed E-state index contributed by atoms with van der Waals surface area (Å²) in [4.78, 5) is 33.3. The van der Waals surface area contributed by atoms with Gasteiger partial charge in [-0.1, -0.05) is 12.1 Å². The molecule has 1 aliphatic rings. The van der Waals surface area contributed by atoms with Gasteiger partial charge in [-0.15, -0.1) is 11.3 Å². The molecule has 0 spiro atoms. The summed E-state index contributed by atoms with van der Waals surface area (Å²) in [7, 11) is 4.56. The Morgan fingerprint density at radius 2 is 1.76 bits per heavy atom. The molecule has 1 unspecified atom stereocenters. The molecule has 0 saturated carbocycles. The van der Waals surface area contributed by atoms with E-state index in [0.29, 0.717) is 63.5 Å². The van der Waals surface area contributed by atoms with E-state index in [1.807, 2.05) is 11.4 Å². The first kappa shape index (κ1) is 24.7. The van der Waals surface area contributed by atoms with Crippen molar-refractivity contribution < 1.29 is 28.2 Å². The van der Waals surface area contributed by atoms with Crippen LogP contribution in [0.1, 0.15) is 33.7 Å². The topological polar surface area (TPSA) is 78.0 Å². The number of Topliss-reactive ketones (excluding diaryl/α,β-unsaturated/α-hetero) is 1. The summed E-state index contributed by atoms with van der Waals surface area (Å²) in [6.45, 7) is 0.459. The maximum Gasteiger partial charge on any atom is 0.254 e. The summed E-state index contributed by atoms with van der Waals surface area (Å²) >= 11 is 1.27. The zero-order chi connectivity index (χ0) is 26.1. The second kappa shape index (κ2) is 10.2. The van der Waals surface area contributed by atoms with Crippen LogP contribution in [0.25, 0.3) is 21.3 Å². The molecule has 0 N–H and O–H groups in total. The van der Waals surface area contributed by atoms with E-state index in [0.717, 1.165) is 0 Å². The van der Waals surface area contributed by atoms with Gasteiger partial charge >= 0.3 is 0 Å². The minimum absolute atomic E-state index is 0.226. The normalized spacial score (nSPS) is 15.1. The molecule has 37 heavy (non-hydrogen) atoms. The number of hydrogen-bond acceptors (Lipinski definition) is 7. The second-order valence-corrected chi connectivity index (χ2v) is 9.48. The summed E-state index contributed by atoms with van der Waals surface area (Å²) in [6.07, 6.45) is 1.24. The molecule has 2 aromatic carbocycles. The highest BCUT2D eigenvalue weighted by Gasteiger charge is 2.36. The monoisotopic (exact) mass is 520 g/mol. The smallest absolute Gasteiger partial charge is 0.254 e. The van der Waals surface area contributed by atoms with Gasteiger partial charge in [0, 0.05) is 28.4 Å². The van der Waals surface area contributed by atoms with Gasteiger partial charge in [-0.2, -0.15) is 0 Å². The third kappa shape index (κ3) is 4.40. The maximum atomic E-state index is 14.3. The Morgan fingerprint density at radius 1 is 1.00 bits per heavy atom. The van der Waals surface area contributed by atoms with Crippen molar-refractivity contribution in [3.63, 3.8) is 0 Å². The minimum Gasteiger partial charge on any atom is -0.494 e.